The van der Waals surface area contributed by atoms with Crippen molar-refractivity contribution >= 4 is 24.6 Å². The van der Waals surface area contributed by atoms with Gasteiger partial charge in [-0.1, -0.05) is 0 Å². The minimum absolute atomic E-state index is 1.19. The van der Waals surface area contributed by atoms with Crippen molar-refractivity contribution < 1.29 is 16.8 Å². The van der Waals surface area contributed by atoms with E-state index in [0.717, 1.165) is 0 Å². The van der Waals surface area contributed by atoms with Gasteiger partial charge in [-0.15, -0.1) is 0 Å². The second-order valence-electron chi connectivity index (χ2n) is 3.45. The number of hydrogen-bond acceptors (Lipinski definition) is 0. The summed E-state index contributed by atoms with van der Waals surface area (Å²) in [6, 6.07) is 0. The Morgan fingerprint density at radius 2 is 2.15 bits per heavy atom. The third-order valence-corrected chi connectivity index (χ3v) is 12.9. The molecule has 1 rings (SSSR count). The predicted octanol–water partition coefficient (Wildman–Crippen LogP) is 5.02. The Hall–Kier alpha value is 1.31. The molecule has 1 aliphatic carbocycles. The molecule has 1 aliphatic rings. The van der Waals surface area contributed by atoms with E-state index in [1.807, 2.05) is 0 Å². The molecule has 0 N–H and O–H groups in total. The summed E-state index contributed by atoms with van der Waals surface area (Å²) in [5, 5.41) is 0. The molecule has 0 aromatic carbocycles. The van der Waals surface area contributed by atoms with Gasteiger partial charge in [-0.2, -0.15) is 0 Å². The molecule has 0 aromatic heterocycles. The Bertz CT molecular complexity index is 241. The third-order valence-electron chi connectivity index (χ3n) is 2.39. The molecule has 0 bridgehead atoms. The van der Waals surface area contributed by atoms with Gasteiger partial charge in [0.05, 0.1) is 0 Å². The van der Waals surface area contributed by atoms with Crippen molar-refractivity contribution in [3.8, 4) is 0 Å². The van der Waals surface area contributed by atoms with Crippen LogP contribution in [0.15, 0.2) is 20.6 Å². The van der Waals surface area contributed by atoms with E-state index in [2.05, 4.69) is 44.5 Å². The van der Waals surface area contributed by atoms with Gasteiger partial charge in [-0.3, -0.25) is 0 Å². The van der Waals surface area contributed by atoms with Gasteiger partial charge < -0.3 is 0 Å². The summed E-state index contributed by atoms with van der Waals surface area (Å²) in [6.07, 6.45) is 7.54. The molecule has 0 fully saturated rings. The average molecular weight is 474 g/mol. The maximum atomic E-state index is 3.80. The quantitative estimate of drug-likeness (QED) is 0.503. The molecule has 0 aromatic rings. The first-order valence-electron chi connectivity index (χ1n) is 4.74. The maximum absolute atomic E-state index is 3.80. The summed E-state index contributed by atoms with van der Waals surface area (Å²) in [5.41, 5.74) is 3.23. The van der Waals surface area contributed by atoms with E-state index in [1.165, 1.54) is 25.7 Å². The van der Waals surface area contributed by atoms with Crippen molar-refractivity contribution in [2.75, 3.05) is 0 Å². The van der Waals surface area contributed by atoms with Crippen LogP contribution >= 0.6 is 24.6 Å². The van der Waals surface area contributed by atoms with Crippen LogP contribution in [0.2, 0.25) is 0 Å². The first kappa shape index (κ1) is 12.4. The molecule has 0 amide bonds. The van der Waals surface area contributed by atoms with Gasteiger partial charge in [0.1, 0.15) is 0 Å². The Kier molecular flexibility index (Phi) is 5.73. The Labute approximate surface area is 100 Å². The van der Waals surface area contributed by atoms with Gasteiger partial charge in [0.15, 0.2) is 0 Å². The predicted molar refractivity (Wildman–Crippen MR) is 62.8 cm³/mol. The molecule has 0 atom stereocenters. The van der Waals surface area contributed by atoms with Crippen molar-refractivity contribution in [2.24, 2.45) is 0 Å². The van der Waals surface area contributed by atoms with Crippen molar-refractivity contribution in [3.63, 3.8) is 0 Å². The zero-order valence-electron chi connectivity index (χ0n) is 8.16. The fourth-order valence-corrected chi connectivity index (χ4v) is 14.6. The minimum atomic E-state index is -1.63. The normalized spacial score (nSPS) is 16.5. The van der Waals surface area contributed by atoms with Gasteiger partial charge in [0.25, 0.3) is 0 Å². The second kappa shape index (κ2) is 6.02. The van der Waals surface area contributed by atoms with Gasteiger partial charge in [-0.25, -0.2) is 0 Å². The molecule has 0 unspecified atom stereocenters. The van der Waals surface area contributed by atoms with E-state index >= 15 is 0 Å². The first-order valence-corrected chi connectivity index (χ1v) is 22.2. The van der Waals surface area contributed by atoms with Crippen molar-refractivity contribution in [1.82, 2.24) is 0 Å². The molecule has 0 heterocycles. The van der Waals surface area contributed by atoms with Crippen molar-refractivity contribution in [1.29, 1.82) is 0 Å². The van der Waals surface area contributed by atoms with E-state index in [-0.39, 0.29) is 0 Å². The van der Waals surface area contributed by atoms with Crippen LogP contribution in [0.5, 0.6) is 0 Å². The number of halogens is 2. The van der Waals surface area contributed by atoms with Crippen LogP contribution in [0.4, 0.5) is 0 Å². The van der Waals surface area contributed by atoms with Crippen LogP contribution in [0.3, 0.4) is 0 Å². The van der Waals surface area contributed by atoms with Gasteiger partial charge in [-0.05, 0) is 0 Å². The van der Waals surface area contributed by atoms with Crippen molar-refractivity contribution in [2.45, 2.75) is 39.5 Å². The monoisotopic (exact) mass is 473 g/mol. The summed E-state index contributed by atoms with van der Waals surface area (Å²) in [5.74, 6) is 0. The molecule has 13 heavy (non-hydrogen) atoms. The second-order valence-corrected chi connectivity index (χ2v) is 28.8. The molecule has 73 valence electrons. The molecule has 0 radical (unpaired) electrons. The fourth-order valence-electron chi connectivity index (χ4n) is 1.63. The van der Waals surface area contributed by atoms with E-state index in [4.69, 9.17) is 0 Å². The molecule has 3 heteroatoms. The number of rotatable bonds is 4. The average Bonchev–Trinajstić information content (AvgIpc) is 2.43. The molecule has 0 spiro atoms. The van der Waals surface area contributed by atoms with E-state index < -0.39 is 16.8 Å². The molecule has 0 nitrogen and oxygen atoms in total. The molecule has 0 saturated carbocycles. The van der Waals surface area contributed by atoms with Crippen LogP contribution in [0, 0.1) is 0 Å². The summed E-state index contributed by atoms with van der Waals surface area (Å²) >= 11 is 5.98. The van der Waals surface area contributed by atoms with E-state index in [0.29, 0.717) is 0 Å². The molecular weight excluding hydrogens is 458 g/mol. The summed E-state index contributed by atoms with van der Waals surface area (Å²) in [4.78, 5) is 0. The fraction of sp³-hybridized carbons (Fsp3) is 0.600. The molecule has 0 saturated heterocycles. The molecule has 0 aliphatic heterocycles. The number of unbranched alkanes of at least 4 members (excludes halogenated alkanes) is 1. The van der Waals surface area contributed by atoms with Gasteiger partial charge in [0.2, 0.25) is 0 Å². The Morgan fingerprint density at radius 1 is 1.46 bits per heavy atom. The summed E-state index contributed by atoms with van der Waals surface area (Å²) in [6.45, 7) is 4.53. The third kappa shape index (κ3) is 3.42. The zero-order valence-corrected chi connectivity index (χ0v) is 14.9. The first-order chi connectivity index (χ1) is 6.16. The van der Waals surface area contributed by atoms with Crippen molar-refractivity contribution in [3.05, 3.63) is 20.6 Å². The van der Waals surface area contributed by atoms with E-state index in [9.17, 15) is 0 Å². The standard InChI is InChI=1S/C10H15.2BrH.Hf/c1-3-4-5-10-7-6-9(2)8-10;;;/h7H,3-6H2,1-2H3;2*1H;/q;;;+2/p-2. The number of hydrogen-bond donors (Lipinski definition) is 0. The van der Waals surface area contributed by atoms with E-state index in [1.54, 1.807) is 14.5 Å². The van der Waals surface area contributed by atoms with Crippen LogP contribution in [-0.4, -0.2) is 0 Å². The van der Waals surface area contributed by atoms with Crippen LogP contribution in [0.1, 0.15) is 39.5 Å². The van der Waals surface area contributed by atoms with Crippen LogP contribution in [0.25, 0.3) is 0 Å². The van der Waals surface area contributed by atoms with Crippen LogP contribution < -0.4 is 0 Å². The summed E-state index contributed by atoms with van der Waals surface area (Å²) < 4.78 is 1.69. The van der Waals surface area contributed by atoms with Gasteiger partial charge in [0, 0.05) is 0 Å². The molecular formula is C10H15Br2Hf. The van der Waals surface area contributed by atoms with Crippen LogP contribution in [-0.2, 0) is 16.8 Å². The zero-order chi connectivity index (χ0) is 9.84. The number of allylic oxidation sites excluding steroid dienone is 4. The SMILES string of the molecule is CCCCC1=CCC(C)=[C]1[Hf]([Br])[Br]. The Balaban J connectivity index is 2.66. The topological polar surface area (TPSA) is 0 Å². The summed E-state index contributed by atoms with van der Waals surface area (Å²) in [7, 11) is 0. The van der Waals surface area contributed by atoms with Gasteiger partial charge >= 0.3 is 101 Å². The Morgan fingerprint density at radius 3 is 2.69 bits per heavy atom.